The van der Waals surface area contributed by atoms with Gasteiger partial charge < -0.3 is 15.2 Å². The Balaban J connectivity index is 0.00000102. The van der Waals surface area contributed by atoms with E-state index in [9.17, 15) is 13.9 Å². The molecule has 0 amide bonds. The average Bonchev–Trinajstić information content (AvgIpc) is 3.29. The van der Waals surface area contributed by atoms with Crippen LogP contribution in [0.4, 0.5) is 14.5 Å². The minimum atomic E-state index is -0.464. The van der Waals surface area contributed by atoms with Crippen molar-refractivity contribution < 1.29 is 18.6 Å². The van der Waals surface area contributed by atoms with E-state index >= 15 is 0 Å². The second-order valence-corrected chi connectivity index (χ2v) is 8.31. The highest BCUT2D eigenvalue weighted by atomic mass is 19.1. The number of aliphatic hydroxyl groups is 1. The van der Waals surface area contributed by atoms with Crippen LogP contribution in [-0.4, -0.2) is 38.7 Å². The Morgan fingerprint density at radius 1 is 0.973 bits per heavy atom. The summed E-state index contributed by atoms with van der Waals surface area (Å²) in [6, 6.07) is 13.4. The predicted molar refractivity (Wildman–Crippen MR) is 139 cm³/mol. The lowest BCUT2D eigenvalue weighted by molar-refractivity contribution is 0.277. The molecule has 5 aromatic rings. The van der Waals surface area contributed by atoms with Crippen molar-refractivity contribution in [3.05, 3.63) is 102 Å². The standard InChI is InChI=1S/C26H21F2N5O.C2H6O/c1-16-17(12-31-22-6-4-20(27)5-7-22)9-18(13-30-16)23-3-2-8-33-25(24(15-34)32-26(23)33)19-10-21(28)14-29-11-19;1-3-2/h2-11,13-14,31,34H,12,15H2,1H3;1-2H3. The van der Waals surface area contributed by atoms with E-state index in [1.807, 2.05) is 35.7 Å². The van der Waals surface area contributed by atoms with Crippen LogP contribution in [0.15, 0.2) is 73.3 Å². The quantitative estimate of drug-likeness (QED) is 0.322. The zero-order chi connectivity index (χ0) is 26.4. The van der Waals surface area contributed by atoms with Gasteiger partial charge in [0.1, 0.15) is 17.3 Å². The minimum Gasteiger partial charge on any atom is -0.390 e. The van der Waals surface area contributed by atoms with E-state index in [0.717, 1.165) is 34.3 Å². The first-order chi connectivity index (χ1) is 17.9. The smallest absolute Gasteiger partial charge is 0.145 e. The monoisotopic (exact) mass is 503 g/mol. The molecule has 0 aliphatic carbocycles. The summed E-state index contributed by atoms with van der Waals surface area (Å²) in [6.45, 7) is 2.14. The molecular weight excluding hydrogens is 476 g/mol. The fraction of sp³-hybridized carbons (Fsp3) is 0.179. The lowest BCUT2D eigenvalue weighted by Gasteiger charge is -2.12. The molecule has 190 valence electrons. The Morgan fingerprint density at radius 3 is 2.43 bits per heavy atom. The first kappa shape index (κ1) is 25.9. The van der Waals surface area contributed by atoms with Gasteiger partial charge in [-0.05, 0) is 61.0 Å². The number of hydrogen-bond donors (Lipinski definition) is 2. The summed E-state index contributed by atoms with van der Waals surface area (Å²) in [6.07, 6.45) is 6.29. The molecule has 0 spiro atoms. The number of nitrogens with zero attached hydrogens (tertiary/aromatic N) is 4. The van der Waals surface area contributed by atoms with Crippen molar-refractivity contribution in [2.45, 2.75) is 20.1 Å². The molecule has 0 bridgehead atoms. The van der Waals surface area contributed by atoms with Gasteiger partial charge in [-0.3, -0.25) is 14.4 Å². The second-order valence-electron chi connectivity index (χ2n) is 8.31. The van der Waals surface area contributed by atoms with E-state index in [4.69, 9.17) is 0 Å². The Kier molecular flexibility index (Phi) is 8.17. The summed E-state index contributed by atoms with van der Waals surface area (Å²) >= 11 is 0. The van der Waals surface area contributed by atoms with Gasteiger partial charge in [0.25, 0.3) is 0 Å². The Bertz CT molecular complexity index is 1500. The first-order valence-electron chi connectivity index (χ1n) is 11.5. The van der Waals surface area contributed by atoms with Crippen LogP contribution in [0.2, 0.25) is 0 Å². The first-order valence-corrected chi connectivity index (χ1v) is 11.5. The number of anilines is 1. The van der Waals surface area contributed by atoms with Crippen molar-refractivity contribution in [3.63, 3.8) is 0 Å². The molecule has 4 aromatic heterocycles. The van der Waals surface area contributed by atoms with Gasteiger partial charge >= 0.3 is 0 Å². The molecular formula is C28H27F2N5O2. The van der Waals surface area contributed by atoms with E-state index in [2.05, 4.69) is 25.0 Å². The van der Waals surface area contributed by atoms with Crippen molar-refractivity contribution in [3.8, 4) is 22.4 Å². The molecule has 4 heterocycles. The summed E-state index contributed by atoms with van der Waals surface area (Å²) < 4.78 is 33.1. The number of fused-ring (bicyclic) bond motifs is 1. The van der Waals surface area contributed by atoms with Gasteiger partial charge in [0.2, 0.25) is 0 Å². The third-order valence-electron chi connectivity index (χ3n) is 5.68. The molecule has 37 heavy (non-hydrogen) atoms. The molecule has 2 N–H and O–H groups in total. The van der Waals surface area contributed by atoms with Crippen LogP contribution < -0.4 is 5.32 Å². The number of aliphatic hydroxyl groups excluding tert-OH is 1. The molecule has 1 aromatic carbocycles. The van der Waals surface area contributed by atoms with Crippen molar-refractivity contribution >= 4 is 11.3 Å². The van der Waals surface area contributed by atoms with Gasteiger partial charge in [-0.15, -0.1) is 0 Å². The van der Waals surface area contributed by atoms with Crippen molar-refractivity contribution in [2.75, 3.05) is 19.5 Å². The summed E-state index contributed by atoms with van der Waals surface area (Å²) in [5, 5.41) is 13.2. The molecule has 0 aliphatic rings. The highest BCUT2D eigenvalue weighted by Crippen LogP contribution is 2.31. The Hall–Kier alpha value is -4.21. The average molecular weight is 504 g/mol. The lowest BCUT2D eigenvalue weighted by atomic mass is 10.1. The highest BCUT2D eigenvalue weighted by Gasteiger charge is 2.18. The maximum Gasteiger partial charge on any atom is 0.145 e. The van der Waals surface area contributed by atoms with E-state index in [-0.39, 0.29) is 12.4 Å². The summed E-state index contributed by atoms with van der Waals surface area (Å²) in [5.41, 5.74) is 6.50. The van der Waals surface area contributed by atoms with E-state index in [1.54, 1.807) is 38.7 Å². The lowest BCUT2D eigenvalue weighted by Crippen LogP contribution is -2.03. The molecule has 0 saturated heterocycles. The van der Waals surface area contributed by atoms with E-state index in [0.29, 0.717) is 29.1 Å². The number of imidazole rings is 1. The number of benzene rings is 1. The van der Waals surface area contributed by atoms with Crippen LogP contribution in [0.5, 0.6) is 0 Å². The van der Waals surface area contributed by atoms with Gasteiger partial charge in [0.05, 0.1) is 24.2 Å². The van der Waals surface area contributed by atoms with E-state index < -0.39 is 5.82 Å². The molecule has 0 radical (unpaired) electrons. The Morgan fingerprint density at radius 2 is 1.73 bits per heavy atom. The van der Waals surface area contributed by atoms with Crippen LogP contribution in [0, 0.1) is 18.6 Å². The molecule has 0 fully saturated rings. The third kappa shape index (κ3) is 5.79. The molecule has 0 aliphatic heterocycles. The molecule has 5 rings (SSSR count). The maximum absolute atomic E-state index is 13.8. The van der Waals surface area contributed by atoms with Crippen LogP contribution in [0.25, 0.3) is 28.0 Å². The summed E-state index contributed by atoms with van der Waals surface area (Å²) in [7, 11) is 3.25. The van der Waals surface area contributed by atoms with Gasteiger partial charge in [-0.25, -0.2) is 13.8 Å². The highest BCUT2D eigenvalue weighted by molar-refractivity contribution is 5.81. The van der Waals surface area contributed by atoms with Crippen LogP contribution in [0.3, 0.4) is 0 Å². The third-order valence-corrected chi connectivity index (χ3v) is 5.68. The van der Waals surface area contributed by atoms with Crippen molar-refractivity contribution in [1.82, 2.24) is 19.4 Å². The fourth-order valence-electron chi connectivity index (χ4n) is 3.97. The largest absolute Gasteiger partial charge is 0.390 e. The molecule has 7 nitrogen and oxygen atoms in total. The van der Waals surface area contributed by atoms with E-state index in [1.165, 1.54) is 18.2 Å². The van der Waals surface area contributed by atoms with Crippen molar-refractivity contribution in [1.29, 1.82) is 0 Å². The molecule has 0 unspecified atom stereocenters. The number of hydrogen-bond acceptors (Lipinski definition) is 6. The zero-order valence-corrected chi connectivity index (χ0v) is 20.7. The number of aryl methyl sites for hydroxylation is 1. The van der Waals surface area contributed by atoms with Crippen molar-refractivity contribution in [2.24, 2.45) is 0 Å². The Labute approximate surface area is 213 Å². The molecule has 0 atom stereocenters. The fourth-order valence-corrected chi connectivity index (χ4v) is 3.97. The second kappa shape index (κ2) is 11.7. The topological polar surface area (TPSA) is 84.6 Å². The number of ether oxygens (including phenoxy) is 1. The maximum atomic E-state index is 13.8. The number of nitrogens with one attached hydrogen (secondary N) is 1. The van der Waals surface area contributed by atoms with Gasteiger partial charge in [-0.2, -0.15) is 0 Å². The van der Waals surface area contributed by atoms with Crippen LogP contribution in [0.1, 0.15) is 17.0 Å². The van der Waals surface area contributed by atoms with Crippen LogP contribution >= 0.6 is 0 Å². The minimum absolute atomic E-state index is 0.283. The SMILES string of the molecule is COC.Cc1ncc(-c2cccn3c(-c4cncc(F)c4)c(CO)nc23)cc1CNc1ccc(F)cc1. The summed E-state index contributed by atoms with van der Waals surface area (Å²) in [4.78, 5) is 13.2. The molecule has 0 saturated carbocycles. The normalized spacial score (nSPS) is 10.8. The number of aromatic nitrogens is 4. The van der Waals surface area contributed by atoms with Crippen LogP contribution in [-0.2, 0) is 17.9 Å². The van der Waals surface area contributed by atoms with Gasteiger partial charge in [0, 0.05) is 67.4 Å². The summed E-state index contributed by atoms with van der Waals surface area (Å²) in [5.74, 6) is -0.748. The predicted octanol–water partition coefficient (Wildman–Crippen LogP) is 5.41. The number of pyridine rings is 3. The zero-order valence-electron chi connectivity index (χ0n) is 20.7. The number of rotatable bonds is 6. The van der Waals surface area contributed by atoms with Gasteiger partial charge in [-0.1, -0.05) is 0 Å². The number of halogens is 2. The van der Waals surface area contributed by atoms with Gasteiger partial charge in [0.15, 0.2) is 0 Å². The molecule has 9 heteroatoms. The number of methoxy groups -OCH3 is 1.